The van der Waals surface area contributed by atoms with E-state index in [4.69, 9.17) is 45.0 Å². The number of nitrogens with two attached hydrogens (primary N) is 1. The van der Waals surface area contributed by atoms with Gasteiger partial charge >= 0.3 is 0 Å². The zero-order valence-electron chi connectivity index (χ0n) is 8.84. The minimum Gasteiger partial charge on any atom is -0.458 e. The molecule has 17 heavy (non-hydrogen) atoms. The van der Waals surface area contributed by atoms with Crippen LogP contribution in [0.15, 0.2) is 16.5 Å². The molecule has 0 aliphatic heterocycles. The van der Waals surface area contributed by atoms with E-state index in [0.29, 0.717) is 26.6 Å². The quantitative estimate of drug-likeness (QED) is 0.807. The molecular formula is C12H10Cl3NO. The number of hydrogen-bond donors (Lipinski definition) is 1. The van der Waals surface area contributed by atoms with Gasteiger partial charge in [-0.25, -0.2) is 0 Å². The van der Waals surface area contributed by atoms with Crippen LogP contribution < -0.4 is 5.73 Å². The number of halogens is 3. The van der Waals surface area contributed by atoms with Gasteiger partial charge in [0.05, 0.1) is 21.1 Å². The first-order chi connectivity index (χ1) is 8.08. The monoisotopic (exact) mass is 289 g/mol. The van der Waals surface area contributed by atoms with E-state index in [1.807, 2.05) is 6.07 Å². The molecule has 2 nitrogen and oxygen atoms in total. The standard InChI is InChI=1S/C12H10Cl3NO/c13-7-4-8(14)12-6(10(7)15)3-9(17-12)11(16)5-1-2-5/h3-5,11H,1-2,16H2. The highest BCUT2D eigenvalue weighted by molar-refractivity contribution is 6.47. The lowest BCUT2D eigenvalue weighted by molar-refractivity contribution is 0.467. The molecular weight excluding hydrogens is 280 g/mol. The van der Waals surface area contributed by atoms with Crippen LogP contribution in [0.1, 0.15) is 24.6 Å². The van der Waals surface area contributed by atoms with Gasteiger partial charge in [-0.2, -0.15) is 0 Å². The Labute approximate surface area is 114 Å². The summed E-state index contributed by atoms with van der Waals surface area (Å²) in [4.78, 5) is 0. The van der Waals surface area contributed by atoms with Crippen molar-refractivity contribution < 1.29 is 4.42 Å². The van der Waals surface area contributed by atoms with Crippen LogP contribution in [0.25, 0.3) is 11.0 Å². The Bertz CT molecular complexity index is 589. The summed E-state index contributed by atoms with van der Waals surface area (Å²) >= 11 is 18.2. The Hall–Kier alpha value is -0.410. The minimum absolute atomic E-state index is 0.0756. The van der Waals surface area contributed by atoms with Crippen molar-refractivity contribution in [2.75, 3.05) is 0 Å². The fourth-order valence-corrected chi connectivity index (χ4v) is 2.68. The van der Waals surface area contributed by atoms with Gasteiger partial charge in [-0.1, -0.05) is 34.8 Å². The Morgan fingerprint density at radius 2 is 1.88 bits per heavy atom. The molecule has 5 heteroatoms. The summed E-state index contributed by atoms with van der Waals surface area (Å²) in [5.41, 5.74) is 6.65. The van der Waals surface area contributed by atoms with Gasteiger partial charge in [-0.05, 0) is 30.9 Å². The molecule has 2 N–H and O–H groups in total. The topological polar surface area (TPSA) is 39.2 Å². The average molecular weight is 291 g/mol. The largest absolute Gasteiger partial charge is 0.458 e. The van der Waals surface area contributed by atoms with Gasteiger partial charge in [0.2, 0.25) is 0 Å². The average Bonchev–Trinajstić information content (AvgIpc) is 3.03. The van der Waals surface area contributed by atoms with Crippen molar-refractivity contribution in [1.82, 2.24) is 0 Å². The molecule has 0 saturated heterocycles. The lowest BCUT2D eigenvalue weighted by atomic mass is 10.1. The van der Waals surface area contributed by atoms with Crippen molar-refractivity contribution in [2.24, 2.45) is 11.7 Å². The third-order valence-corrected chi connectivity index (χ3v) is 4.21. The van der Waals surface area contributed by atoms with Crippen LogP contribution in [0.3, 0.4) is 0 Å². The van der Waals surface area contributed by atoms with E-state index in [-0.39, 0.29) is 6.04 Å². The first-order valence-electron chi connectivity index (χ1n) is 5.40. The molecule has 1 aromatic carbocycles. The third kappa shape index (κ3) is 1.93. The molecule has 1 heterocycles. The van der Waals surface area contributed by atoms with Crippen molar-refractivity contribution in [3.05, 3.63) is 33.0 Å². The van der Waals surface area contributed by atoms with Crippen LogP contribution in [-0.2, 0) is 0 Å². The predicted molar refractivity (Wildman–Crippen MR) is 70.9 cm³/mol. The predicted octanol–water partition coefficient (Wildman–Crippen LogP) is 4.80. The summed E-state index contributed by atoms with van der Waals surface area (Å²) < 4.78 is 5.70. The molecule has 3 rings (SSSR count). The Morgan fingerprint density at radius 1 is 1.18 bits per heavy atom. The molecule has 1 atom stereocenters. The van der Waals surface area contributed by atoms with Crippen LogP contribution in [0.4, 0.5) is 0 Å². The summed E-state index contributed by atoms with van der Waals surface area (Å²) in [6, 6.07) is 3.36. The van der Waals surface area contributed by atoms with Crippen LogP contribution in [0.5, 0.6) is 0 Å². The van der Waals surface area contributed by atoms with Gasteiger partial charge in [0.15, 0.2) is 5.58 Å². The molecule has 0 radical (unpaired) electrons. The number of fused-ring (bicyclic) bond motifs is 1. The van der Waals surface area contributed by atoms with E-state index in [9.17, 15) is 0 Å². The molecule has 1 saturated carbocycles. The van der Waals surface area contributed by atoms with Crippen molar-refractivity contribution in [1.29, 1.82) is 0 Å². The first kappa shape index (κ1) is 11.7. The molecule has 0 amide bonds. The van der Waals surface area contributed by atoms with Crippen molar-refractivity contribution >= 4 is 45.8 Å². The summed E-state index contributed by atoms with van der Waals surface area (Å²) in [7, 11) is 0. The second-order valence-electron chi connectivity index (χ2n) is 4.41. The van der Waals surface area contributed by atoms with Gasteiger partial charge in [-0.15, -0.1) is 0 Å². The van der Waals surface area contributed by atoms with Crippen LogP contribution in [0.2, 0.25) is 15.1 Å². The van der Waals surface area contributed by atoms with Gasteiger partial charge in [0.25, 0.3) is 0 Å². The highest BCUT2D eigenvalue weighted by atomic mass is 35.5. The highest BCUT2D eigenvalue weighted by Gasteiger charge is 2.32. The first-order valence-corrected chi connectivity index (χ1v) is 6.54. The maximum Gasteiger partial charge on any atom is 0.154 e. The molecule has 1 aliphatic carbocycles. The van der Waals surface area contributed by atoms with E-state index >= 15 is 0 Å². The van der Waals surface area contributed by atoms with E-state index in [1.54, 1.807) is 6.07 Å². The van der Waals surface area contributed by atoms with E-state index < -0.39 is 0 Å². The van der Waals surface area contributed by atoms with E-state index in [2.05, 4.69) is 0 Å². The zero-order valence-corrected chi connectivity index (χ0v) is 11.1. The Kier molecular flexibility index (Phi) is 2.79. The number of furan rings is 1. The third-order valence-electron chi connectivity index (χ3n) is 3.13. The number of hydrogen-bond acceptors (Lipinski definition) is 2. The van der Waals surface area contributed by atoms with Crippen molar-refractivity contribution in [3.63, 3.8) is 0 Å². The van der Waals surface area contributed by atoms with Crippen molar-refractivity contribution in [2.45, 2.75) is 18.9 Å². The zero-order chi connectivity index (χ0) is 12.2. The van der Waals surface area contributed by atoms with Gasteiger partial charge in [-0.3, -0.25) is 0 Å². The summed E-state index contributed by atoms with van der Waals surface area (Å²) in [6.07, 6.45) is 2.31. The molecule has 0 spiro atoms. The summed E-state index contributed by atoms with van der Waals surface area (Å²) in [5.74, 6) is 1.25. The van der Waals surface area contributed by atoms with Gasteiger partial charge < -0.3 is 10.2 Å². The van der Waals surface area contributed by atoms with Gasteiger partial charge in [0.1, 0.15) is 5.76 Å². The molecule has 1 aliphatic rings. The molecule has 2 aromatic rings. The van der Waals surface area contributed by atoms with Crippen molar-refractivity contribution in [3.8, 4) is 0 Å². The summed E-state index contributed by atoms with van der Waals surface area (Å²) in [5, 5.41) is 2.08. The SMILES string of the molecule is NC(c1cc2c(Cl)c(Cl)cc(Cl)c2o1)C1CC1. The summed E-state index contributed by atoms with van der Waals surface area (Å²) in [6.45, 7) is 0. The minimum atomic E-state index is -0.0756. The molecule has 0 bridgehead atoms. The Balaban J connectivity index is 2.17. The fraction of sp³-hybridized carbons (Fsp3) is 0.333. The normalized spacial score (nSPS) is 17.6. The second kappa shape index (κ2) is 4.06. The van der Waals surface area contributed by atoms with Gasteiger partial charge in [0, 0.05) is 5.39 Å². The smallest absolute Gasteiger partial charge is 0.154 e. The molecule has 1 fully saturated rings. The second-order valence-corrected chi connectivity index (χ2v) is 5.60. The van der Waals surface area contributed by atoms with E-state index in [0.717, 1.165) is 24.0 Å². The number of benzene rings is 1. The van der Waals surface area contributed by atoms with Crippen LogP contribution >= 0.6 is 34.8 Å². The lowest BCUT2D eigenvalue weighted by Crippen LogP contribution is -2.10. The highest BCUT2D eigenvalue weighted by Crippen LogP contribution is 2.43. The van der Waals surface area contributed by atoms with Crippen LogP contribution in [-0.4, -0.2) is 0 Å². The van der Waals surface area contributed by atoms with Crippen LogP contribution in [0, 0.1) is 5.92 Å². The fourth-order valence-electron chi connectivity index (χ4n) is 1.97. The molecule has 1 aromatic heterocycles. The Morgan fingerprint density at radius 3 is 2.53 bits per heavy atom. The van der Waals surface area contributed by atoms with E-state index in [1.165, 1.54) is 0 Å². The maximum atomic E-state index is 6.12. The molecule has 90 valence electrons. The number of rotatable bonds is 2. The lowest BCUT2D eigenvalue weighted by Gasteiger charge is -2.04. The molecule has 1 unspecified atom stereocenters. The maximum absolute atomic E-state index is 6.12.